The van der Waals surface area contributed by atoms with Crippen molar-refractivity contribution in [1.82, 2.24) is 9.97 Å². The molecule has 3 aromatic carbocycles. The number of amides is 1. The number of fused-ring (bicyclic) bond motifs is 2. The third-order valence-electron chi connectivity index (χ3n) is 5.65. The Morgan fingerprint density at radius 3 is 2.59 bits per heavy atom. The van der Waals surface area contributed by atoms with Gasteiger partial charge in [-0.2, -0.15) is 0 Å². The second kappa shape index (κ2) is 7.74. The molecule has 32 heavy (non-hydrogen) atoms. The van der Waals surface area contributed by atoms with Crippen LogP contribution in [0.1, 0.15) is 28.2 Å². The highest BCUT2D eigenvalue weighted by Gasteiger charge is 2.51. The van der Waals surface area contributed by atoms with Gasteiger partial charge in [0.2, 0.25) is 5.78 Å². The van der Waals surface area contributed by atoms with Gasteiger partial charge in [0.05, 0.1) is 29.7 Å². The van der Waals surface area contributed by atoms with Crippen LogP contribution in [0.5, 0.6) is 0 Å². The van der Waals surface area contributed by atoms with Crippen molar-refractivity contribution >= 4 is 51.6 Å². The van der Waals surface area contributed by atoms with E-state index in [2.05, 4.69) is 9.97 Å². The molecule has 0 spiro atoms. The highest BCUT2D eigenvalue weighted by atomic mass is 35.5. The van der Waals surface area contributed by atoms with Gasteiger partial charge in [0.15, 0.2) is 11.4 Å². The molecule has 1 aromatic heterocycles. The monoisotopic (exact) mass is 465 g/mol. The van der Waals surface area contributed by atoms with Gasteiger partial charge in [0.25, 0.3) is 5.91 Å². The zero-order chi connectivity index (χ0) is 22.5. The van der Waals surface area contributed by atoms with Gasteiger partial charge in [-0.1, -0.05) is 53.5 Å². The second-order valence-electron chi connectivity index (χ2n) is 7.71. The summed E-state index contributed by atoms with van der Waals surface area (Å²) < 4.78 is 0. The lowest BCUT2D eigenvalue weighted by Crippen LogP contribution is -2.41. The van der Waals surface area contributed by atoms with Crippen LogP contribution in [0.3, 0.4) is 0 Å². The summed E-state index contributed by atoms with van der Waals surface area (Å²) in [5.41, 5.74) is 0.744. The van der Waals surface area contributed by atoms with E-state index in [0.29, 0.717) is 26.8 Å². The first kappa shape index (κ1) is 20.7. The van der Waals surface area contributed by atoms with Gasteiger partial charge in [-0.25, -0.2) is 4.98 Å². The molecule has 6 nitrogen and oxygen atoms in total. The molecule has 1 amide bonds. The van der Waals surface area contributed by atoms with Crippen LogP contribution >= 0.6 is 23.2 Å². The highest BCUT2D eigenvalue weighted by Crippen LogP contribution is 2.45. The summed E-state index contributed by atoms with van der Waals surface area (Å²) in [7, 11) is 0. The summed E-state index contributed by atoms with van der Waals surface area (Å²) in [6.45, 7) is 0.147. The first-order chi connectivity index (χ1) is 15.4. The average molecular weight is 466 g/mol. The number of benzene rings is 3. The quantitative estimate of drug-likeness (QED) is 0.411. The molecule has 2 heterocycles. The fourth-order valence-electron chi connectivity index (χ4n) is 4.05. The largest absolute Gasteiger partial charge is 0.375 e. The number of halogens is 2. The Bertz CT molecular complexity index is 1350. The minimum absolute atomic E-state index is 0.0838. The first-order valence-electron chi connectivity index (χ1n) is 9.92. The zero-order valence-electron chi connectivity index (χ0n) is 16.7. The van der Waals surface area contributed by atoms with E-state index in [0.717, 1.165) is 5.56 Å². The smallest absolute Gasteiger partial charge is 0.264 e. The number of ketones is 1. The third-order valence-corrected chi connectivity index (χ3v) is 6.25. The number of aromatic nitrogens is 2. The third kappa shape index (κ3) is 3.37. The van der Waals surface area contributed by atoms with Crippen molar-refractivity contribution in [3.8, 4) is 0 Å². The normalized spacial score (nSPS) is 17.7. The van der Waals surface area contributed by atoms with Crippen LogP contribution in [0, 0.1) is 0 Å². The minimum Gasteiger partial charge on any atom is -0.375 e. The second-order valence-corrected chi connectivity index (χ2v) is 8.55. The zero-order valence-corrected chi connectivity index (χ0v) is 18.2. The van der Waals surface area contributed by atoms with Crippen molar-refractivity contribution < 1.29 is 14.7 Å². The fourth-order valence-corrected chi connectivity index (χ4v) is 4.42. The molecule has 8 heteroatoms. The Morgan fingerprint density at radius 1 is 1.06 bits per heavy atom. The Hall–Kier alpha value is -3.19. The summed E-state index contributed by atoms with van der Waals surface area (Å²) in [6, 6.07) is 19.2. The van der Waals surface area contributed by atoms with E-state index in [1.807, 2.05) is 24.3 Å². The molecule has 0 unspecified atom stereocenters. The number of hydrogen-bond donors (Lipinski definition) is 2. The van der Waals surface area contributed by atoms with Gasteiger partial charge in [0, 0.05) is 15.6 Å². The lowest BCUT2D eigenvalue weighted by atomic mass is 9.89. The number of nitrogens with one attached hydrogen (secondary N) is 1. The molecule has 0 saturated carbocycles. The molecule has 1 aliphatic heterocycles. The molecule has 4 aromatic rings. The number of rotatable bonds is 5. The van der Waals surface area contributed by atoms with E-state index in [9.17, 15) is 14.7 Å². The maximum Gasteiger partial charge on any atom is 0.264 e. The Balaban J connectivity index is 1.52. The van der Waals surface area contributed by atoms with Gasteiger partial charge in [-0.3, -0.25) is 9.59 Å². The number of anilines is 1. The summed E-state index contributed by atoms with van der Waals surface area (Å²) in [5, 5.41) is 12.4. The van der Waals surface area contributed by atoms with Crippen LogP contribution in [0.15, 0.2) is 66.7 Å². The summed E-state index contributed by atoms with van der Waals surface area (Å²) >= 11 is 12.5. The molecule has 1 atom stereocenters. The fraction of sp³-hybridized carbons (Fsp3) is 0.125. The van der Waals surface area contributed by atoms with E-state index in [1.165, 1.54) is 11.0 Å². The van der Waals surface area contributed by atoms with E-state index < -0.39 is 23.7 Å². The van der Waals surface area contributed by atoms with E-state index >= 15 is 0 Å². The molecule has 160 valence electrons. The van der Waals surface area contributed by atoms with Crippen molar-refractivity contribution in [2.75, 3.05) is 4.90 Å². The molecule has 0 aliphatic carbocycles. The molecule has 0 radical (unpaired) electrons. The molecule has 2 N–H and O–H groups in total. The number of aliphatic hydroxyl groups is 1. The number of hydrogen-bond acceptors (Lipinski definition) is 4. The number of aromatic amines is 1. The molecule has 1 aliphatic rings. The van der Waals surface area contributed by atoms with Crippen LogP contribution in [0.4, 0.5) is 5.69 Å². The van der Waals surface area contributed by atoms with Gasteiger partial charge in [-0.15, -0.1) is 0 Å². The van der Waals surface area contributed by atoms with Gasteiger partial charge in [-0.05, 0) is 42.0 Å². The number of imidazole rings is 1. The number of Topliss-reactive ketones (excluding diaryl/α,β-unsaturated/α-hetero) is 1. The van der Waals surface area contributed by atoms with Crippen LogP contribution in [-0.2, 0) is 16.9 Å². The minimum atomic E-state index is -2.07. The van der Waals surface area contributed by atoms with Gasteiger partial charge in [0.1, 0.15) is 0 Å². The van der Waals surface area contributed by atoms with Crippen LogP contribution in [0.25, 0.3) is 11.0 Å². The van der Waals surface area contributed by atoms with Crippen molar-refractivity contribution in [2.24, 2.45) is 0 Å². The SMILES string of the molecule is O=C(C[C@]1(O)C(=O)N(Cc2ccccc2Cl)c2ccc(Cl)cc21)c1nc2ccccc2[nH]1. The maximum absolute atomic E-state index is 13.5. The van der Waals surface area contributed by atoms with Crippen molar-refractivity contribution in [3.05, 3.63) is 93.7 Å². The molecular weight excluding hydrogens is 449 g/mol. The Kier molecular flexibility index (Phi) is 5.01. The summed E-state index contributed by atoms with van der Waals surface area (Å²) in [4.78, 5) is 35.2. The van der Waals surface area contributed by atoms with Crippen molar-refractivity contribution in [3.63, 3.8) is 0 Å². The van der Waals surface area contributed by atoms with Crippen LogP contribution in [-0.4, -0.2) is 26.8 Å². The average Bonchev–Trinajstić information content (AvgIpc) is 3.30. The molecule has 0 bridgehead atoms. The summed E-state index contributed by atoms with van der Waals surface area (Å²) in [6.07, 6.45) is -0.474. The van der Waals surface area contributed by atoms with E-state index in [1.54, 1.807) is 36.4 Å². The Labute approximate surface area is 193 Å². The van der Waals surface area contributed by atoms with Gasteiger partial charge >= 0.3 is 0 Å². The standard InChI is InChI=1S/C24H17Cl2N3O3/c25-15-9-10-20-16(11-15)24(32,23(31)29(20)13-14-5-1-2-6-17(14)26)12-21(30)22-27-18-7-3-4-8-19(18)28-22/h1-11,32H,12-13H2,(H,27,28)/t24-/m1/s1. The van der Waals surface area contributed by atoms with E-state index in [-0.39, 0.29) is 17.9 Å². The topological polar surface area (TPSA) is 86.3 Å². The number of para-hydroxylation sites is 2. The number of carbonyl (C=O) groups is 2. The lowest BCUT2D eigenvalue weighted by molar-refractivity contribution is -0.136. The number of carbonyl (C=O) groups excluding carboxylic acids is 2. The summed E-state index contributed by atoms with van der Waals surface area (Å²) in [5.74, 6) is -1.01. The number of H-pyrrole nitrogens is 1. The predicted octanol–water partition coefficient (Wildman–Crippen LogP) is 4.88. The first-order valence-corrected chi connectivity index (χ1v) is 10.7. The van der Waals surface area contributed by atoms with E-state index in [4.69, 9.17) is 23.2 Å². The highest BCUT2D eigenvalue weighted by molar-refractivity contribution is 6.31. The molecular formula is C24H17Cl2N3O3. The predicted molar refractivity (Wildman–Crippen MR) is 123 cm³/mol. The van der Waals surface area contributed by atoms with Crippen LogP contribution < -0.4 is 4.90 Å². The molecule has 0 fully saturated rings. The molecule has 5 rings (SSSR count). The number of nitrogens with zero attached hydrogens (tertiary/aromatic N) is 2. The van der Waals surface area contributed by atoms with Crippen molar-refractivity contribution in [2.45, 2.75) is 18.6 Å². The van der Waals surface area contributed by atoms with Gasteiger partial charge < -0.3 is 15.0 Å². The van der Waals surface area contributed by atoms with Crippen LogP contribution in [0.2, 0.25) is 10.0 Å². The molecule has 0 saturated heterocycles. The van der Waals surface area contributed by atoms with Crippen molar-refractivity contribution in [1.29, 1.82) is 0 Å². The Morgan fingerprint density at radius 2 is 1.81 bits per heavy atom. The lowest BCUT2D eigenvalue weighted by Gasteiger charge is -2.22. The maximum atomic E-state index is 13.5.